The van der Waals surface area contributed by atoms with E-state index in [9.17, 15) is 20.1 Å². The van der Waals surface area contributed by atoms with Gasteiger partial charge in [-0.2, -0.15) is 0 Å². The van der Waals surface area contributed by atoms with Crippen molar-refractivity contribution in [2.45, 2.75) is 49.8 Å². The van der Waals surface area contributed by atoms with Crippen molar-refractivity contribution in [3.63, 3.8) is 0 Å². The molecule has 3 unspecified atom stereocenters. The zero-order valence-electron chi connectivity index (χ0n) is 12.0. The van der Waals surface area contributed by atoms with Crippen LogP contribution in [0.5, 0.6) is 11.5 Å². The van der Waals surface area contributed by atoms with Crippen molar-refractivity contribution in [2.24, 2.45) is 0 Å². The number of nitrogens with zero attached hydrogens (tertiary/aromatic N) is 1. The fourth-order valence-corrected chi connectivity index (χ4v) is 4.99. The van der Waals surface area contributed by atoms with Gasteiger partial charge in [-0.1, -0.05) is 13.0 Å². The first kappa shape index (κ1) is 13.1. The van der Waals surface area contributed by atoms with Gasteiger partial charge in [0.25, 0.3) is 0 Å². The van der Waals surface area contributed by atoms with E-state index in [1.54, 1.807) is 6.07 Å². The molecule has 3 N–H and O–H groups in total. The molecule has 1 saturated heterocycles. The van der Waals surface area contributed by atoms with Crippen LogP contribution in [-0.4, -0.2) is 44.2 Å². The molecule has 1 saturated carbocycles. The minimum Gasteiger partial charge on any atom is -0.504 e. The number of phenolic OH excluding ortho intramolecular Hbond substituents is 2. The number of carbonyl (C=O) groups is 1. The van der Waals surface area contributed by atoms with Gasteiger partial charge in [0.2, 0.25) is 0 Å². The Balaban J connectivity index is 2.01. The quantitative estimate of drug-likeness (QED) is 0.673. The number of Topliss-reactive ketones (excluding diaryl/α,β-unsaturated/α-hetero) is 1. The average molecular weight is 289 g/mol. The molecule has 21 heavy (non-hydrogen) atoms. The van der Waals surface area contributed by atoms with E-state index in [0.29, 0.717) is 31.4 Å². The second-order valence-electron chi connectivity index (χ2n) is 6.47. The number of fused-ring (bicyclic) bond motifs is 3. The lowest BCUT2D eigenvalue weighted by molar-refractivity contribution is -0.286. The van der Waals surface area contributed by atoms with E-state index in [1.807, 2.05) is 6.92 Å². The van der Waals surface area contributed by atoms with E-state index in [-0.39, 0.29) is 29.7 Å². The third-order valence-electron chi connectivity index (χ3n) is 5.78. The summed E-state index contributed by atoms with van der Waals surface area (Å²) in [7, 11) is 0. The highest BCUT2D eigenvalue weighted by molar-refractivity contribution is 5.83. The molecule has 0 amide bonds. The third-order valence-corrected chi connectivity index (χ3v) is 5.78. The van der Waals surface area contributed by atoms with Gasteiger partial charge in [0, 0.05) is 24.4 Å². The van der Waals surface area contributed by atoms with E-state index >= 15 is 0 Å². The Morgan fingerprint density at radius 1 is 1.38 bits per heavy atom. The molecule has 1 aromatic carbocycles. The molecular weight excluding hydrogens is 270 g/mol. The average Bonchev–Trinajstić information content (AvgIpc) is 2.46. The van der Waals surface area contributed by atoms with Gasteiger partial charge < -0.3 is 15.3 Å². The maximum Gasteiger partial charge on any atom is 0.162 e. The predicted octanol–water partition coefficient (Wildman–Crippen LogP) is 1.04. The molecular formula is C16H19NO4. The van der Waals surface area contributed by atoms with Crippen molar-refractivity contribution in [1.82, 2.24) is 4.90 Å². The molecule has 1 aromatic rings. The molecule has 5 heteroatoms. The van der Waals surface area contributed by atoms with E-state index < -0.39 is 11.1 Å². The number of hydrogen-bond donors (Lipinski definition) is 3. The summed E-state index contributed by atoms with van der Waals surface area (Å²) in [5, 5.41) is 31.5. The van der Waals surface area contributed by atoms with E-state index in [0.717, 1.165) is 5.56 Å². The molecule has 112 valence electrons. The molecule has 2 fully saturated rings. The van der Waals surface area contributed by atoms with Crippen LogP contribution < -0.4 is 0 Å². The number of benzene rings is 1. The summed E-state index contributed by atoms with van der Waals surface area (Å²) in [4.78, 5) is 14.2. The van der Waals surface area contributed by atoms with Crippen molar-refractivity contribution in [3.05, 3.63) is 23.3 Å². The second kappa shape index (κ2) is 3.78. The molecule has 2 bridgehead atoms. The first-order valence-electron chi connectivity index (χ1n) is 7.51. The van der Waals surface area contributed by atoms with Crippen LogP contribution in [0.25, 0.3) is 0 Å². The van der Waals surface area contributed by atoms with Crippen LogP contribution in [0.1, 0.15) is 37.3 Å². The highest BCUT2D eigenvalue weighted by atomic mass is 16.3. The monoisotopic (exact) mass is 289 g/mol. The third kappa shape index (κ3) is 1.23. The molecule has 3 aliphatic rings. The predicted molar refractivity (Wildman–Crippen MR) is 75.1 cm³/mol. The standard InChI is InChI=1S/C16H19NO4/c1-2-17-12-7-9-3-4-11(19)14(20)13(9)15(17)8-10(18)5-6-16(12,15)21/h3-4,12,19-21H,2,5-8H2,1H3. The first-order valence-corrected chi connectivity index (χ1v) is 7.51. The molecule has 4 rings (SSSR count). The minimum absolute atomic E-state index is 0.00737. The largest absolute Gasteiger partial charge is 0.504 e. The fraction of sp³-hybridized carbons (Fsp3) is 0.562. The summed E-state index contributed by atoms with van der Waals surface area (Å²) in [6.45, 7) is 2.70. The second-order valence-corrected chi connectivity index (χ2v) is 6.47. The zero-order valence-corrected chi connectivity index (χ0v) is 12.0. The number of phenols is 2. The summed E-state index contributed by atoms with van der Waals surface area (Å²) in [6, 6.07) is 3.27. The van der Waals surface area contributed by atoms with Gasteiger partial charge in [-0.25, -0.2) is 0 Å². The smallest absolute Gasteiger partial charge is 0.162 e. The van der Waals surface area contributed by atoms with Crippen LogP contribution in [0.2, 0.25) is 0 Å². The maximum atomic E-state index is 12.1. The van der Waals surface area contributed by atoms with Gasteiger partial charge in [-0.3, -0.25) is 9.69 Å². The number of hydrogen-bond acceptors (Lipinski definition) is 5. The summed E-state index contributed by atoms with van der Waals surface area (Å²) in [6.07, 6.45) is 1.67. The Labute approximate surface area is 122 Å². The molecule has 0 aromatic heterocycles. The Kier molecular flexibility index (Phi) is 2.36. The molecule has 2 aliphatic heterocycles. The Hall–Kier alpha value is -1.59. The lowest BCUT2D eigenvalue weighted by atomic mass is 9.49. The number of rotatable bonds is 1. The fourth-order valence-electron chi connectivity index (χ4n) is 4.99. The van der Waals surface area contributed by atoms with Crippen LogP contribution in [-0.2, 0) is 16.8 Å². The topological polar surface area (TPSA) is 81.0 Å². The van der Waals surface area contributed by atoms with Crippen molar-refractivity contribution >= 4 is 5.78 Å². The molecule has 2 heterocycles. The van der Waals surface area contributed by atoms with Gasteiger partial charge >= 0.3 is 0 Å². The first-order chi connectivity index (χ1) is 9.95. The SMILES string of the molecule is CCN1C2Cc3ccc(O)c(O)c3C13CC(=O)CCC23O. The molecule has 1 spiro atoms. The lowest BCUT2D eigenvalue weighted by Crippen LogP contribution is -2.86. The summed E-state index contributed by atoms with van der Waals surface area (Å²) in [5.74, 6) is -0.269. The van der Waals surface area contributed by atoms with Crippen LogP contribution in [0.4, 0.5) is 0 Å². The highest BCUT2D eigenvalue weighted by Crippen LogP contribution is 2.65. The minimum atomic E-state index is -0.977. The zero-order chi connectivity index (χ0) is 15.0. The van der Waals surface area contributed by atoms with Gasteiger partial charge in [0.15, 0.2) is 11.5 Å². The van der Waals surface area contributed by atoms with Gasteiger partial charge in [0.05, 0.1) is 5.54 Å². The lowest BCUT2D eigenvalue weighted by Gasteiger charge is -2.73. The summed E-state index contributed by atoms with van der Waals surface area (Å²) in [5.41, 5.74) is -0.352. The van der Waals surface area contributed by atoms with E-state index in [2.05, 4.69) is 4.90 Å². The number of carbonyl (C=O) groups excluding carboxylic acids is 1. The Morgan fingerprint density at radius 2 is 2.14 bits per heavy atom. The number of likely N-dealkylation sites (N-methyl/N-ethyl adjacent to an activating group) is 1. The number of ketones is 1. The highest BCUT2D eigenvalue weighted by Gasteiger charge is 2.75. The summed E-state index contributed by atoms with van der Waals surface area (Å²) >= 11 is 0. The van der Waals surface area contributed by atoms with Gasteiger partial charge in [-0.05, 0) is 31.0 Å². The van der Waals surface area contributed by atoms with Crippen LogP contribution in [0.15, 0.2) is 12.1 Å². The van der Waals surface area contributed by atoms with Gasteiger partial charge in [0.1, 0.15) is 11.4 Å². The van der Waals surface area contributed by atoms with Crippen LogP contribution in [0, 0.1) is 0 Å². The summed E-state index contributed by atoms with van der Waals surface area (Å²) < 4.78 is 0. The van der Waals surface area contributed by atoms with E-state index in [4.69, 9.17) is 0 Å². The van der Waals surface area contributed by atoms with Crippen molar-refractivity contribution in [3.8, 4) is 11.5 Å². The molecule has 1 aliphatic carbocycles. The van der Waals surface area contributed by atoms with Gasteiger partial charge in [-0.15, -0.1) is 0 Å². The molecule has 3 atom stereocenters. The Morgan fingerprint density at radius 3 is 2.86 bits per heavy atom. The normalized spacial score (nSPS) is 37.6. The number of aliphatic hydroxyl groups is 1. The molecule has 0 radical (unpaired) electrons. The van der Waals surface area contributed by atoms with E-state index in [1.165, 1.54) is 6.07 Å². The van der Waals surface area contributed by atoms with Crippen LogP contribution >= 0.6 is 0 Å². The Bertz CT molecular complexity index is 658. The van der Waals surface area contributed by atoms with Crippen molar-refractivity contribution in [1.29, 1.82) is 0 Å². The molecule has 5 nitrogen and oxygen atoms in total. The number of aromatic hydroxyl groups is 2. The van der Waals surface area contributed by atoms with Crippen molar-refractivity contribution < 1.29 is 20.1 Å². The van der Waals surface area contributed by atoms with Crippen LogP contribution in [0.3, 0.4) is 0 Å². The maximum absolute atomic E-state index is 12.1. The van der Waals surface area contributed by atoms with Crippen molar-refractivity contribution in [2.75, 3.05) is 6.54 Å².